The Hall–Kier alpha value is -3.16. The minimum atomic E-state index is -4.13. The lowest BCUT2D eigenvalue weighted by Gasteiger charge is -2.33. The van der Waals surface area contributed by atoms with E-state index in [0.717, 1.165) is 5.56 Å². The van der Waals surface area contributed by atoms with Gasteiger partial charge in [0.15, 0.2) is 4.91 Å². The smallest absolute Gasteiger partial charge is 0.270 e. The molecule has 3 aromatic carbocycles. The molecule has 3 aromatic rings. The van der Waals surface area contributed by atoms with Crippen molar-refractivity contribution in [3.05, 3.63) is 105 Å². The number of carbonyl (C=O) groups is 1. The van der Waals surface area contributed by atoms with Crippen molar-refractivity contribution in [2.75, 3.05) is 17.4 Å². The molecule has 1 aliphatic rings. The van der Waals surface area contributed by atoms with Gasteiger partial charge in [-0.25, -0.2) is 12.8 Å². The Morgan fingerprint density at radius 1 is 1.03 bits per heavy atom. The number of sulfonamides is 1. The van der Waals surface area contributed by atoms with E-state index in [0.29, 0.717) is 33.8 Å². The average molecular weight is 485 g/mol. The highest BCUT2D eigenvalue weighted by Crippen LogP contribution is 2.43. The summed E-state index contributed by atoms with van der Waals surface area (Å²) in [5.74, 6) is -1.04. The summed E-state index contributed by atoms with van der Waals surface area (Å²) >= 11 is 6.26. The molecule has 0 saturated heterocycles. The zero-order chi connectivity index (χ0) is 23.6. The number of hydrogen-bond acceptors (Lipinski definition) is 3. The van der Waals surface area contributed by atoms with Crippen LogP contribution in [0.3, 0.4) is 0 Å². The molecular formula is C25H22ClFN2O3S. The normalized spacial score (nSPS) is 14.7. The summed E-state index contributed by atoms with van der Waals surface area (Å²) < 4.78 is 41.6. The van der Waals surface area contributed by atoms with Gasteiger partial charge < -0.3 is 5.32 Å². The van der Waals surface area contributed by atoms with E-state index in [1.165, 1.54) is 16.4 Å². The molecule has 0 atom stereocenters. The van der Waals surface area contributed by atoms with Crippen molar-refractivity contribution < 1.29 is 17.6 Å². The zero-order valence-corrected chi connectivity index (χ0v) is 19.5. The number of anilines is 1. The van der Waals surface area contributed by atoms with Crippen LogP contribution < -0.4 is 9.62 Å². The SMILES string of the molecule is CCN1c2ccc(Cl)cc2C(c2ccccc2)=C(C(=O)NCCc2ccc(F)cc2)S1(=O)=O. The second-order valence-corrected chi connectivity index (χ2v) is 9.77. The van der Waals surface area contributed by atoms with Crippen molar-refractivity contribution in [2.45, 2.75) is 13.3 Å². The largest absolute Gasteiger partial charge is 0.351 e. The first kappa shape index (κ1) is 23.0. The van der Waals surface area contributed by atoms with Crippen LogP contribution >= 0.6 is 11.6 Å². The number of rotatable bonds is 6. The Labute approximate surface area is 197 Å². The summed E-state index contributed by atoms with van der Waals surface area (Å²) in [6, 6.07) is 19.9. The lowest BCUT2D eigenvalue weighted by atomic mass is 9.95. The minimum Gasteiger partial charge on any atom is -0.351 e. The van der Waals surface area contributed by atoms with Gasteiger partial charge in [-0.05, 0) is 54.8 Å². The van der Waals surface area contributed by atoms with Crippen molar-refractivity contribution in [3.63, 3.8) is 0 Å². The van der Waals surface area contributed by atoms with Crippen LogP contribution in [0.5, 0.6) is 0 Å². The van der Waals surface area contributed by atoms with Gasteiger partial charge in [0.2, 0.25) is 0 Å². The summed E-state index contributed by atoms with van der Waals surface area (Å²) in [6.07, 6.45) is 0.430. The fourth-order valence-corrected chi connectivity index (χ4v) is 5.87. The summed E-state index contributed by atoms with van der Waals surface area (Å²) in [7, 11) is -4.13. The molecule has 0 fully saturated rings. The number of hydrogen-bond donors (Lipinski definition) is 1. The van der Waals surface area contributed by atoms with Crippen LogP contribution in [0.2, 0.25) is 5.02 Å². The molecule has 0 spiro atoms. The van der Waals surface area contributed by atoms with E-state index in [9.17, 15) is 17.6 Å². The van der Waals surface area contributed by atoms with Crippen molar-refractivity contribution in [2.24, 2.45) is 0 Å². The quantitative estimate of drug-likeness (QED) is 0.548. The Morgan fingerprint density at radius 3 is 2.39 bits per heavy atom. The maximum absolute atomic E-state index is 13.6. The lowest BCUT2D eigenvalue weighted by molar-refractivity contribution is -0.116. The van der Waals surface area contributed by atoms with Crippen LogP contribution in [-0.2, 0) is 21.2 Å². The molecule has 33 heavy (non-hydrogen) atoms. The molecule has 1 aliphatic heterocycles. The Kier molecular flexibility index (Phi) is 6.54. The average Bonchev–Trinajstić information content (AvgIpc) is 2.80. The highest BCUT2D eigenvalue weighted by atomic mass is 35.5. The monoisotopic (exact) mass is 484 g/mol. The maximum atomic E-state index is 13.6. The zero-order valence-electron chi connectivity index (χ0n) is 17.9. The van der Waals surface area contributed by atoms with Gasteiger partial charge in [-0.3, -0.25) is 9.10 Å². The molecule has 1 heterocycles. The first-order chi connectivity index (χ1) is 15.8. The molecule has 1 amide bonds. The number of halogens is 2. The fourth-order valence-electron chi connectivity index (χ4n) is 3.93. The van der Waals surface area contributed by atoms with Gasteiger partial charge in [0.05, 0.1) is 5.69 Å². The maximum Gasteiger partial charge on any atom is 0.270 e. The third-order valence-corrected chi connectivity index (χ3v) is 7.62. The highest BCUT2D eigenvalue weighted by Gasteiger charge is 2.40. The molecular weight excluding hydrogens is 463 g/mol. The van der Waals surface area contributed by atoms with E-state index >= 15 is 0 Å². The van der Waals surface area contributed by atoms with Gasteiger partial charge in [0.25, 0.3) is 15.9 Å². The second kappa shape index (κ2) is 9.37. The van der Waals surface area contributed by atoms with E-state index in [-0.39, 0.29) is 23.8 Å². The molecule has 0 aromatic heterocycles. The molecule has 1 N–H and O–H groups in total. The van der Waals surface area contributed by atoms with Crippen molar-refractivity contribution in [1.82, 2.24) is 5.32 Å². The molecule has 5 nitrogen and oxygen atoms in total. The first-order valence-corrected chi connectivity index (χ1v) is 12.3. The van der Waals surface area contributed by atoms with Crippen molar-refractivity contribution >= 4 is 38.8 Å². The topological polar surface area (TPSA) is 66.5 Å². The Bertz CT molecular complexity index is 1320. The number of fused-ring (bicyclic) bond motifs is 1. The molecule has 0 radical (unpaired) electrons. The van der Waals surface area contributed by atoms with E-state index in [4.69, 9.17) is 11.6 Å². The van der Waals surface area contributed by atoms with Crippen molar-refractivity contribution in [1.29, 1.82) is 0 Å². The molecule has 0 aliphatic carbocycles. The van der Waals surface area contributed by atoms with Crippen LogP contribution in [0, 0.1) is 5.82 Å². The minimum absolute atomic E-state index is 0.158. The predicted octanol–water partition coefficient (Wildman–Crippen LogP) is 4.77. The summed E-state index contributed by atoms with van der Waals surface area (Å²) in [5.41, 5.74) is 2.80. The molecule has 4 rings (SSSR count). The number of carbonyl (C=O) groups excluding carboxylic acids is 1. The summed E-state index contributed by atoms with van der Waals surface area (Å²) in [4.78, 5) is 13.0. The summed E-state index contributed by atoms with van der Waals surface area (Å²) in [6.45, 7) is 2.07. The molecule has 0 unspecified atom stereocenters. The van der Waals surface area contributed by atoms with Crippen molar-refractivity contribution in [3.8, 4) is 0 Å². The third-order valence-electron chi connectivity index (χ3n) is 5.44. The second-order valence-electron chi connectivity index (χ2n) is 7.53. The van der Waals surface area contributed by atoms with Gasteiger partial charge in [-0.1, -0.05) is 54.1 Å². The Morgan fingerprint density at radius 2 is 1.73 bits per heavy atom. The standard InChI is InChI=1S/C25H22ClFN2O3S/c1-2-29-22-13-10-19(26)16-21(22)23(18-6-4-3-5-7-18)24(33(29,31)32)25(30)28-15-14-17-8-11-20(27)12-9-17/h3-13,16H,2,14-15H2,1H3,(H,28,30). The summed E-state index contributed by atoms with van der Waals surface area (Å²) in [5, 5.41) is 3.17. The molecule has 8 heteroatoms. The van der Waals surface area contributed by atoms with Crippen LogP contribution in [0.4, 0.5) is 10.1 Å². The van der Waals surface area contributed by atoms with Crippen LogP contribution in [-0.4, -0.2) is 27.4 Å². The van der Waals surface area contributed by atoms with Crippen LogP contribution in [0.25, 0.3) is 5.57 Å². The lowest BCUT2D eigenvalue weighted by Crippen LogP contribution is -2.41. The number of nitrogens with zero attached hydrogens (tertiary/aromatic N) is 1. The van der Waals surface area contributed by atoms with Gasteiger partial charge in [-0.15, -0.1) is 0 Å². The first-order valence-electron chi connectivity index (χ1n) is 10.5. The van der Waals surface area contributed by atoms with E-state index in [2.05, 4.69) is 5.32 Å². The predicted molar refractivity (Wildman–Crippen MR) is 129 cm³/mol. The third kappa shape index (κ3) is 4.51. The fraction of sp³-hybridized carbons (Fsp3) is 0.160. The van der Waals surface area contributed by atoms with E-state index in [1.54, 1.807) is 61.5 Å². The van der Waals surface area contributed by atoms with Gasteiger partial charge in [0, 0.05) is 29.2 Å². The number of benzene rings is 3. The molecule has 0 bridgehead atoms. The van der Waals surface area contributed by atoms with Gasteiger partial charge in [0.1, 0.15) is 5.82 Å². The van der Waals surface area contributed by atoms with E-state index < -0.39 is 15.9 Å². The van der Waals surface area contributed by atoms with Crippen LogP contribution in [0.15, 0.2) is 77.7 Å². The number of amides is 1. The van der Waals surface area contributed by atoms with E-state index in [1.807, 2.05) is 6.07 Å². The highest BCUT2D eigenvalue weighted by molar-refractivity contribution is 7.97. The van der Waals surface area contributed by atoms with Gasteiger partial charge >= 0.3 is 0 Å². The molecule has 170 valence electrons. The van der Waals surface area contributed by atoms with Gasteiger partial charge in [-0.2, -0.15) is 0 Å². The number of nitrogens with one attached hydrogen (secondary N) is 1. The Balaban J connectivity index is 1.79. The van der Waals surface area contributed by atoms with Crippen LogP contribution in [0.1, 0.15) is 23.6 Å². The molecule has 0 saturated carbocycles.